The summed E-state index contributed by atoms with van der Waals surface area (Å²) in [5.41, 5.74) is 2.11. The standard InChI is InChI=1S/C23H28F2O/c1-3-16-8-10-17(11-9-16)18-12-14-19(15-13-18)23(26-4-2)22-20(24)6-5-7-21(22)25/h5-7,12-17,23H,3-4,8-11H2,1-2H3/t16-,17-,23?. The van der Waals surface area contributed by atoms with Crippen molar-refractivity contribution in [2.45, 2.75) is 58.0 Å². The van der Waals surface area contributed by atoms with Gasteiger partial charge >= 0.3 is 0 Å². The Balaban J connectivity index is 1.81. The Bertz CT molecular complexity index is 682. The average molecular weight is 358 g/mol. The number of halogens is 2. The van der Waals surface area contributed by atoms with Gasteiger partial charge < -0.3 is 4.74 Å². The van der Waals surface area contributed by atoms with Crippen molar-refractivity contribution >= 4 is 0 Å². The van der Waals surface area contributed by atoms with Crippen molar-refractivity contribution in [1.82, 2.24) is 0 Å². The van der Waals surface area contributed by atoms with Gasteiger partial charge in [0.2, 0.25) is 0 Å². The van der Waals surface area contributed by atoms with Crippen LogP contribution in [0.5, 0.6) is 0 Å². The second kappa shape index (κ2) is 8.77. The molecule has 0 aliphatic heterocycles. The van der Waals surface area contributed by atoms with Gasteiger partial charge in [-0.2, -0.15) is 0 Å². The Morgan fingerprint density at radius 1 is 0.923 bits per heavy atom. The maximum Gasteiger partial charge on any atom is 0.132 e. The fourth-order valence-corrected chi connectivity index (χ4v) is 4.12. The van der Waals surface area contributed by atoms with Gasteiger partial charge in [0.25, 0.3) is 0 Å². The molecule has 1 atom stereocenters. The number of hydrogen-bond donors (Lipinski definition) is 0. The summed E-state index contributed by atoms with van der Waals surface area (Å²) in [4.78, 5) is 0. The second-order valence-electron chi connectivity index (χ2n) is 7.26. The predicted molar refractivity (Wildman–Crippen MR) is 101 cm³/mol. The molecule has 1 fully saturated rings. The SMILES string of the molecule is CCOC(c1ccc([C@H]2CC[C@H](CC)CC2)cc1)c1c(F)cccc1F. The summed E-state index contributed by atoms with van der Waals surface area (Å²) in [5, 5.41) is 0. The van der Waals surface area contributed by atoms with Crippen LogP contribution in [0.15, 0.2) is 42.5 Å². The van der Waals surface area contributed by atoms with Crippen molar-refractivity contribution in [2.75, 3.05) is 6.61 Å². The predicted octanol–water partition coefficient (Wildman–Crippen LogP) is 6.77. The van der Waals surface area contributed by atoms with Crippen LogP contribution >= 0.6 is 0 Å². The van der Waals surface area contributed by atoms with E-state index in [1.165, 1.54) is 55.9 Å². The zero-order valence-electron chi connectivity index (χ0n) is 15.7. The largest absolute Gasteiger partial charge is 0.369 e. The van der Waals surface area contributed by atoms with Gasteiger partial charge in [-0.3, -0.25) is 0 Å². The quantitative estimate of drug-likeness (QED) is 0.553. The number of benzene rings is 2. The molecule has 1 aliphatic rings. The fraction of sp³-hybridized carbons (Fsp3) is 0.478. The van der Waals surface area contributed by atoms with E-state index in [9.17, 15) is 8.78 Å². The monoisotopic (exact) mass is 358 g/mol. The lowest BCUT2D eigenvalue weighted by molar-refractivity contribution is 0.0859. The normalized spacial score (nSPS) is 21.5. The molecule has 3 heteroatoms. The van der Waals surface area contributed by atoms with E-state index in [4.69, 9.17) is 4.74 Å². The second-order valence-corrected chi connectivity index (χ2v) is 7.26. The molecule has 0 radical (unpaired) electrons. The molecule has 0 amide bonds. The van der Waals surface area contributed by atoms with Crippen LogP contribution < -0.4 is 0 Å². The third kappa shape index (κ3) is 4.15. The first-order chi connectivity index (χ1) is 12.6. The maximum atomic E-state index is 14.2. The maximum absolute atomic E-state index is 14.2. The Labute approximate surface area is 155 Å². The van der Waals surface area contributed by atoms with Crippen LogP contribution in [-0.4, -0.2) is 6.61 Å². The van der Waals surface area contributed by atoms with Gasteiger partial charge in [0, 0.05) is 6.61 Å². The molecule has 0 heterocycles. The third-order valence-corrected chi connectivity index (χ3v) is 5.73. The van der Waals surface area contributed by atoms with Crippen LogP contribution in [0.2, 0.25) is 0 Å². The highest BCUT2D eigenvalue weighted by atomic mass is 19.1. The minimum Gasteiger partial charge on any atom is -0.369 e. The first-order valence-corrected chi connectivity index (χ1v) is 9.79. The van der Waals surface area contributed by atoms with Gasteiger partial charge in [0.15, 0.2) is 0 Å². The van der Waals surface area contributed by atoms with Crippen LogP contribution in [-0.2, 0) is 4.74 Å². The summed E-state index contributed by atoms with van der Waals surface area (Å²) in [6, 6.07) is 12.1. The van der Waals surface area contributed by atoms with Crippen LogP contribution in [0.1, 0.15) is 74.7 Å². The topological polar surface area (TPSA) is 9.23 Å². The van der Waals surface area contributed by atoms with Crippen molar-refractivity contribution in [3.8, 4) is 0 Å². The molecule has 2 aromatic rings. The molecule has 26 heavy (non-hydrogen) atoms. The Hall–Kier alpha value is -1.74. The van der Waals surface area contributed by atoms with Gasteiger partial charge in [-0.15, -0.1) is 0 Å². The summed E-state index contributed by atoms with van der Waals surface area (Å²) < 4.78 is 34.2. The van der Waals surface area contributed by atoms with Gasteiger partial charge in [-0.1, -0.05) is 43.7 Å². The van der Waals surface area contributed by atoms with Crippen LogP contribution in [0, 0.1) is 17.6 Å². The van der Waals surface area contributed by atoms with Gasteiger partial charge in [0.1, 0.15) is 17.7 Å². The van der Waals surface area contributed by atoms with E-state index in [-0.39, 0.29) is 5.56 Å². The summed E-state index contributed by atoms with van der Waals surface area (Å²) in [7, 11) is 0. The van der Waals surface area contributed by atoms with Crippen molar-refractivity contribution in [3.63, 3.8) is 0 Å². The summed E-state index contributed by atoms with van der Waals surface area (Å²) in [5.74, 6) is 0.343. The van der Waals surface area contributed by atoms with E-state index in [1.807, 2.05) is 19.1 Å². The lowest BCUT2D eigenvalue weighted by atomic mass is 9.77. The molecule has 0 aromatic heterocycles. The number of hydrogen-bond acceptors (Lipinski definition) is 1. The molecule has 1 nitrogen and oxygen atoms in total. The zero-order chi connectivity index (χ0) is 18.5. The van der Waals surface area contributed by atoms with Gasteiger partial charge in [-0.05, 0) is 67.7 Å². The Morgan fingerprint density at radius 3 is 2.08 bits per heavy atom. The van der Waals surface area contributed by atoms with Crippen molar-refractivity contribution in [1.29, 1.82) is 0 Å². The lowest BCUT2D eigenvalue weighted by Gasteiger charge is -2.28. The van der Waals surface area contributed by atoms with Crippen molar-refractivity contribution < 1.29 is 13.5 Å². The van der Waals surface area contributed by atoms with Crippen LogP contribution in [0.3, 0.4) is 0 Å². The lowest BCUT2D eigenvalue weighted by Crippen LogP contribution is -2.13. The molecule has 0 spiro atoms. The molecule has 3 rings (SSSR count). The zero-order valence-corrected chi connectivity index (χ0v) is 15.7. The Kier molecular flexibility index (Phi) is 6.42. The number of ether oxygens (including phenoxy) is 1. The molecule has 1 unspecified atom stereocenters. The molecule has 140 valence electrons. The highest BCUT2D eigenvalue weighted by Gasteiger charge is 2.24. The molecule has 0 bridgehead atoms. The Morgan fingerprint density at radius 2 is 1.54 bits per heavy atom. The first kappa shape index (κ1) is 19.0. The van der Waals surface area contributed by atoms with Crippen LogP contribution in [0.25, 0.3) is 0 Å². The van der Waals surface area contributed by atoms with Crippen molar-refractivity contribution in [2.24, 2.45) is 5.92 Å². The third-order valence-electron chi connectivity index (χ3n) is 5.73. The van der Waals surface area contributed by atoms with E-state index in [2.05, 4.69) is 19.1 Å². The van der Waals surface area contributed by atoms with Gasteiger partial charge in [-0.25, -0.2) is 8.78 Å². The summed E-state index contributed by atoms with van der Waals surface area (Å²) in [6.45, 7) is 4.50. The highest BCUT2D eigenvalue weighted by molar-refractivity contribution is 5.35. The first-order valence-electron chi connectivity index (χ1n) is 9.79. The molecule has 1 saturated carbocycles. The minimum absolute atomic E-state index is 0.00875. The number of rotatable bonds is 6. The molecular formula is C23H28F2O. The molecule has 2 aromatic carbocycles. The smallest absolute Gasteiger partial charge is 0.132 e. The molecule has 0 saturated heterocycles. The molecular weight excluding hydrogens is 330 g/mol. The van der Waals surface area contributed by atoms with E-state index >= 15 is 0 Å². The highest BCUT2D eigenvalue weighted by Crippen LogP contribution is 2.38. The molecule has 1 aliphatic carbocycles. The molecule has 0 N–H and O–H groups in total. The summed E-state index contributed by atoms with van der Waals surface area (Å²) >= 11 is 0. The minimum atomic E-state index is -0.717. The van der Waals surface area contributed by atoms with Crippen LogP contribution in [0.4, 0.5) is 8.78 Å². The van der Waals surface area contributed by atoms with Crippen molar-refractivity contribution in [3.05, 3.63) is 70.8 Å². The van der Waals surface area contributed by atoms with E-state index in [0.29, 0.717) is 12.5 Å². The van der Waals surface area contributed by atoms with E-state index in [0.717, 1.165) is 11.5 Å². The van der Waals surface area contributed by atoms with E-state index in [1.54, 1.807) is 0 Å². The average Bonchev–Trinajstić information content (AvgIpc) is 2.67. The van der Waals surface area contributed by atoms with Gasteiger partial charge in [0.05, 0.1) is 5.56 Å². The fourth-order valence-electron chi connectivity index (χ4n) is 4.12. The van der Waals surface area contributed by atoms with E-state index < -0.39 is 17.7 Å². The summed E-state index contributed by atoms with van der Waals surface area (Å²) in [6.07, 6.45) is 5.61.